The summed E-state index contributed by atoms with van der Waals surface area (Å²) in [7, 11) is 0. The molecule has 1 atom stereocenters. The molecule has 1 saturated heterocycles. The number of nitrogens with one attached hydrogen (secondary N) is 1. The Morgan fingerprint density at radius 3 is 2.24 bits per heavy atom. The van der Waals surface area contributed by atoms with Crippen LogP contribution >= 0.6 is 0 Å². The first kappa shape index (κ1) is 26.9. The second-order valence-corrected chi connectivity index (χ2v) is 9.09. The van der Waals surface area contributed by atoms with Gasteiger partial charge >= 0.3 is 17.9 Å². The van der Waals surface area contributed by atoms with Crippen molar-refractivity contribution in [3.63, 3.8) is 0 Å². The lowest BCUT2D eigenvalue weighted by atomic mass is 10.1. The molecule has 1 aliphatic heterocycles. The van der Waals surface area contributed by atoms with E-state index >= 15 is 0 Å². The molecule has 0 aliphatic carbocycles. The highest BCUT2D eigenvalue weighted by atomic mass is 19.4. The van der Waals surface area contributed by atoms with Crippen LogP contribution in [-0.2, 0) is 6.54 Å². The van der Waals surface area contributed by atoms with Gasteiger partial charge in [0.05, 0.1) is 6.61 Å². The summed E-state index contributed by atoms with van der Waals surface area (Å²) >= 11 is 0. The lowest BCUT2D eigenvalue weighted by Gasteiger charge is -2.33. The Morgan fingerprint density at radius 2 is 1.66 bits per heavy atom. The molecule has 1 aromatic heterocycles. The molecular formula is C25H27F3N4O6. The average molecular weight is 537 g/mol. The minimum absolute atomic E-state index is 0.0429. The maximum atomic E-state index is 12.3. The van der Waals surface area contributed by atoms with Crippen molar-refractivity contribution in [3.05, 3.63) is 75.3 Å². The number of hydrogen-bond donors (Lipinski definition) is 1. The number of aromatic nitrogens is 2. The Morgan fingerprint density at radius 1 is 1.05 bits per heavy atom. The third kappa shape index (κ3) is 7.43. The molecule has 4 rings (SSSR count). The number of anilines is 1. The fraction of sp³-hybridized carbons (Fsp3) is 0.400. The Kier molecular flexibility index (Phi) is 8.13. The molecule has 1 aliphatic rings. The van der Waals surface area contributed by atoms with Gasteiger partial charge < -0.3 is 29.2 Å². The van der Waals surface area contributed by atoms with Gasteiger partial charge in [0.1, 0.15) is 29.5 Å². The smallest absolute Gasteiger partial charge is 0.493 e. The van der Waals surface area contributed by atoms with Crippen molar-refractivity contribution in [2.45, 2.75) is 38.8 Å². The molecule has 38 heavy (non-hydrogen) atoms. The Bertz CT molecular complexity index is 1270. The summed E-state index contributed by atoms with van der Waals surface area (Å²) in [6, 6.07) is 13.0. The zero-order valence-electron chi connectivity index (χ0n) is 20.5. The molecule has 0 bridgehead atoms. The van der Waals surface area contributed by atoms with Crippen LogP contribution in [-0.4, -0.2) is 46.6 Å². The number of nitro groups is 1. The molecule has 0 amide bonds. The van der Waals surface area contributed by atoms with E-state index < -0.39 is 17.0 Å². The number of alkyl halides is 3. The number of hydrogen-bond acceptors (Lipinski definition) is 7. The van der Waals surface area contributed by atoms with Crippen LogP contribution in [0.5, 0.6) is 17.2 Å². The van der Waals surface area contributed by atoms with E-state index in [2.05, 4.69) is 14.6 Å². The summed E-state index contributed by atoms with van der Waals surface area (Å²) in [5.41, 5.74) is 0.499. The zero-order chi connectivity index (χ0) is 27.3. The van der Waals surface area contributed by atoms with Crippen molar-refractivity contribution in [2.75, 3.05) is 24.6 Å². The molecule has 10 nitrogen and oxygen atoms in total. The van der Waals surface area contributed by atoms with Crippen LogP contribution in [0.2, 0.25) is 0 Å². The summed E-state index contributed by atoms with van der Waals surface area (Å²) in [6.07, 6.45) is -2.07. The van der Waals surface area contributed by atoms with E-state index in [-0.39, 0.29) is 30.1 Å². The third-order valence-electron chi connectivity index (χ3n) is 6.02. The van der Waals surface area contributed by atoms with Gasteiger partial charge in [-0.05, 0) is 53.5 Å². The molecule has 1 N–H and O–H groups in total. The van der Waals surface area contributed by atoms with Gasteiger partial charge in [-0.25, -0.2) is 4.79 Å². The van der Waals surface area contributed by atoms with Crippen molar-refractivity contribution in [2.24, 2.45) is 5.92 Å². The van der Waals surface area contributed by atoms with Gasteiger partial charge in [-0.2, -0.15) is 4.98 Å². The molecule has 204 valence electrons. The van der Waals surface area contributed by atoms with E-state index in [1.807, 2.05) is 31.2 Å². The number of imidazole rings is 1. The van der Waals surface area contributed by atoms with E-state index in [1.54, 1.807) is 0 Å². The lowest BCUT2D eigenvalue weighted by Crippen LogP contribution is -2.38. The Labute approximate surface area is 215 Å². The second-order valence-electron chi connectivity index (χ2n) is 9.09. The minimum atomic E-state index is -4.73. The van der Waals surface area contributed by atoms with Crippen molar-refractivity contribution in [1.29, 1.82) is 0 Å². The number of nitrogens with zero attached hydrogens (tertiary/aromatic N) is 3. The number of H-pyrrole nitrogens is 1. The Balaban J connectivity index is 1.21. The van der Waals surface area contributed by atoms with Gasteiger partial charge in [0, 0.05) is 44.1 Å². The van der Waals surface area contributed by atoms with Crippen LogP contribution in [0.1, 0.15) is 19.8 Å². The normalized spacial score (nSPS) is 15.2. The monoisotopic (exact) mass is 536 g/mol. The fourth-order valence-corrected chi connectivity index (χ4v) is 4.17. The summed E-state index contributed by atoms with van der Waals surface area (Å²) in [4.78, 5) is 26.4. The van der Waals surface area contributed by atoms with Crippen LogP contribution < -0.4 is 24.8 Å². The molecule has 1 fully saturated rings. The summed E-state index contributed by atoms with van der Waals surface area (Å²) in [5.74, 6) is 0.472. The van der Waals surface area contributed by atoms with Gasteiger partial charge in [-0.15, -0.1) is 13.2 Å². The van der Waals surface area contributed by atoms with Gasteiger partial charge in [-0.1, -0.05) is 6.92 Å². The summed E-state index contributed by atoms with van der Waals surface area (Å²) < 4.78 is 53.8. The largest absolute Gasteiger partial charge is 0.573 e. The summed E-state index contributed by atoms with van der Waals surface area (Å²) in [5, 5.41) is 10.8. The fourth-order valence-electron chi connectivity index (χ4n) is 4.17. The highest BCUT2D eigenvalue weighted by molar-refractivity contribution is 5.49. The number of halogens is 3. The van der Waals surface area contributed by atoms with Crippen molar-refractivity contribution >= 4 is 11.5 Å². The van der Waals surface area contributed by atoms with Crippen molar-refractivity contribution in [1.82, 2.24) is 9.55 Å². The maximum absolute atomic E-state index is 12.3. The van der Waals surface area contributed by atoms with Crippen molar-refractivity contribution < 1.29 is 32.3 Å². The van der Waals surface area contributed by atoms with E-state index in [0.717, 1.165) is 31.6 Å². The molecule has 0 radical (unpaired) electrons. The maximum Gasteiger partial charge on any atom is 0.573 e. The van der Waals surface area contributed by atoms with E-state index in [0.29, 0.717) is 18.1 Å². The van der Waals surface area contributed by atoms with E-state index in [9.17, 15) is 28.1 Å². The lowest BCUT2D eigenvalue weighted by molar-refractivity contribution is -0.389. The molecule has 13 heteroatoms. The molecule has 2 heterocycles. The van der Waals surface area contributed by atoms with Gasteiger partial charge in [0.15, 0.2) is 0 Å². The standard InChI is InChI=1S/C25H27F3N4O6/c1-17(14-31-15-23(32(34)35)29-24(31)33)16-36-19-4-2-18(3-5-19)30-12-10-21(11-13-30)37-20-6-8-22(9-7-20)38-25(26,27)28/h2-9,15,17,21H,10-14,16H2,1H3,(H,29,33)/t17-/m0/s1. The summed E-state index contributed by atoms with van der Waals surface area (Å²) in [6.45, 7) is 4.01. The number of rotatable bonds is 10. The van der Waals surface area contributed by atoms with Crippen LogP contribution in [0.4, 0.5) is 24.7 Å². The number of piperidine rings is 1. The quantitative estimate of drug-likeness (QED) is 0.294. The van der Waals surface area contributed by atoms with Crippen LogP contribution in [0.15, 0.2) is 59.5 Å². The second kappa shape index (κ2) is 11.5. The molecule has 2 aromatic carbocycles. The van der Waals surface area contributed by atoms with Crippen molar-refractivity contribution in [3.8, 4) is 17.2 Å². The van der Waals surface area contributed by atoms with Crippen LogP contribution in [0.3, 0.4) is 0 Å². The van der Waals surface area contributed by atoms with Gasteiger partial charge in [0.2, 0.25) is 0 Å². The first-order valence-corrected chi connectivity index (χ1v) is 12.0. The highest BCUT2D eigenvalue weighted by Crippen LogP contribution is 2.28. The predicted molar refractivity (Wildman–Crippen MR) is 132 cm³/mol. The SMILES string of the molecule is C[C@H](COc1ccc(N2CCC(Oc3ccc(OC(F)(F)F)cc3)CC2)cc1)Cn1cc([N+](=O)[O-])[nH]c1=O. The van der Waals surface area contributed by atoms with Crippen LogP contribution in [0.25, 0.3) is 0 Å². The first-order valence-electron chi connectivity index (χ1n) is 12.0. The van der Waals surface area contributed by atoms with Crippen LogP contribution in [0, 0.1) is 16.0 Å². The number of ether oxygens (including phenoxy) is 3. The minimum Gasteiger partial charge on any atom is -0.493 e. The molecular weight excluding hydrogens is 509 g/mol. The average Bonchev–Trinajstić information content (AvgIpc) is 3.24. The Hall–Kier alpha value is -4.16. The number of aromatic amines is 1. The number of benzene rings is 2. The van der Waals surface area contributed by atoms with E-state index in [1.165, 1.54) is 35.0 Å². The van der Waals surface area contributed by atoms with Gasteiger partial charge in [0.25, 0.3) is 0 Å². The molecule has 0 spiro atoms. The predicted octanol–water partition coefficient (Wildman–Crippen LogP) is 4.75. The highest BCUT2D eigenvalue weighted by Gasteiger charge is 2.31. The zero-order valence-corrected chi connectivity index (χ0v) is 20.5. The topological polar surface area (TPSA) is 112 Å². The molecule has 3 aromatic rings. The molecule has 0 saturated carbocycles. The van der Waals surface area contributed by atoms with E-state index in [4.69, 9.17) is 9.47 Å². The first-order chi connectivity index (χ1) is 18.1. The van der Waals surface area contributed by atoms with Gasteiger partial charge in [-0.3, -0.25) is 4.57 Å². The molecule has 0 unspecified atom stereocenters. The third-order valence-corrected chi connectivity index (χ3v) is 6.02.